The van der Waals surface area contributed by atoms with E-state index in [-0.39, 0.29) is 5.56 Å². The number of furan rings is 1. The lowest BCUT2D eigenvalue weighted by Gasteiger charge is -2.25. The van der Waals surface area contributed by atoms with E-state index in [4.69, 9.17) is 9.15 Å². The van der Waals surface area contributed by atoms with Crippen LogP contribution in [0.4, 0.5) is 0 Å². The van der Waals surface area contributed by atoms with Crippen LogP contribution in [0, 0.1) is 0 Å². The number of unbranched alkanes of at least 4 members (excludes halogenated alkanes) is 1. The Morgan fingerprint density at radius 3 is 2.94 bits per heavy atom. The van der Waals surface area contributed by atoms with Gasteiger partial charge in [0.15, 0.2) is 11.3 Å². The molecule has 0 radical (unpaired) electrons. The lowest BCUT2D eigenvalue weighted by Crippen LogP contribution is -2.30. The van der Waals surface area contributed by atoms with Gasteiger partial charge >= 0.3 is 0 Å². The smallest absolute Gasteiger partial charge is 0.248 e. The van der Waals surface area contributed by atoms with E-state index in [2.05, 4.69) is 40.2 Å². The number of aromatic nitrogens is 1. The highest BCUT2D eigenvalue weighted by molar-refractivity contribution is 5.87. The summed E-state index contributed by atoms with van der Waals surface area (Å²) in [5.74, 6) is 1.93. The summed E-state index contributed by atoms with van der Waals surface area (Å²) in [6, 6.07) is 16.0. The Bertz CT molecular complexity index is 1270. The number of nitrogens with one attached hydrogen (secondary N) is 1. The minimum atomic E-state index is -0.0481. The van der Waals surface area contributed by atoms with E-state index in [1.54, 1.807) is 6.07 Å². The summed E-state index contributed by atoms with van der Waals surface area (Å²) < 4.78 is 12.0. The van der Waals surface area contributed by atoms with Crippen LogP contribution in [-0.2, 0) is 19.4 Å². The highest BCUT2D eigenvalue weighted by Crippen LogP contribution is 2.35. The van der Waals surface area contributed by atoms with E-state index in [1.165, 1.54) is 16.5 Å². The van der Waals surface area contributed by atoms with Gasteiger partial charge in [-0.05, 0) is 68.3 Å². The summed E-state index contributed by atoms with van der Waals surface area (Å²) in [5, 5.41) is 2.28. The third-order valence-electron chi connectivity index (χ3n) is 6.19. The number of rotatable bonds is 7. The molecule has 0 atom stereocenters. The van der Waals surface area contributed by atoms with Crippen molar-refractivity contribution < 1.29 is 9.15 Å². The zero-order valence-corrected chi connectivity index (χ0v) is 17.9. The predicted octanol–water partition coefficient (Wildman–Crippen LogP) is 5.05. The van der Waals surface area contributed by atoms with Crippen LogP contribution in [0.15, 0.2) is 57.7 Å². The molecular formula is C26H28N2O3. The molecule has 1 N–H and O–H groups in total. The van der Waals surface area contributed by atoms with Gasteiger partial charge in [0.25, 0.3) is 0 Å². The Morgan fingerprint density at radius 2 is 2.03 bits per heavy atom. The normalized spacial score (nSPS) is 14.2. The second kappa shape index (κ2) is 8.60. The fourth-order valence-corrected chi connectivity index (χ4v) is 4.62. The average Bonchev–Trinajstić information content (AvgIpc) is 3.15. The van der Waals surface area contributed by atoms with Crippen LogP contribution in [-0.4, -0.2) is 29.6 Å². The zero-order chi connectivity index (χ0) is 21.2. The maximum atomic E-state index is 11.6. The van der Waals surface area contributed by atoms with Crippen molar-refractivity contribution in [3.8, 4) is 5.75 Å². The van der Waals surface area contributed by atoms with Gasteiger partial charge in [-0.1, -0.05) is 24.3 Å². The monoisotopic (exact) mass is 416 g/mol. The molecule has 2 aromatic carbocycles. The lowest BCUT2D eigenvalue weighted by atomic mass is 10.0. The molecule has 5 rings (SSSR count). The minimum Gasteiger partial charge on any atom is -0.490 e. The van der Waals surface area contributed by atoms with Crippen LogP contribution < -0.4 is 10.3 Å². The molecule has 3 heterocycles. The Labute approximate surface area is 181 Å². The van der Waals surface area contributed by atoms with E-state index >= 15 is 0 Å². The molecule has 2 aromatic heterocycles. The van der Waals surface area contributed by atoms with Gasteiger partial charge in [-0.25, -0.2) is 0 Å². The van der Waals surface area contributed by atoms with Crippen LogP contribution in [0.1, 0.15) is 36.7 Å². The van der Waals surface area contributed by atoms with Gasteiger partial charge in [-0.2, -0.15) is 0 Å². The second-order valence-electron chi connectivity index (χ2n) is 8.30. The topological polar surface area (TPSA) is 58.5 Å². The van der Waals surface area contributed by atoms with E-state index < -0.39 is 0 Å². The molecule has 0 fully saturated rings. The van der Waals surface area contributed by atoms with Gasteiger partial charge in [0.1, 0.15) is 5.76 Å². The Balaban J connectivity index is 1.19. The molecule has 0 bridgehead atoms. The molecule has 0 saturated heterocycles. The van der Waals surface area contributed by atoms with Crippen LogP contribution in [0.2, 0.25) is 0 Å². The van der Waals surface area contributed by atoms with E-state index in [9.17, 15) is 4.79 Å². The maximum Gasteiger partial charge on any atom is 0.248 e. The van der Waals surface area contributed by atoms with Crippen LogP contribution in [0.5, 0.6) is 5.75 Å². The lowest BCUT2D eigenvalue weighted by molar-refractivity contribution is 0.227. The number of benzene rings is 2. The molecule has 31 heavy (non-hydrogen) atoms. The third-order valence-corrected chi connectivity index (χ3v) is 6.19. The molecule has 0 spiro atoms. The summed E-state index contributed by atoms with van der Waals surface area (Å²) in [5.41, 5.74) is 4.39. The SMILES string of the molecule is CCOc1cccc2c3c(oc12)CN(CCCCc1ccc2ccc(=O)[nH]c2c1)CC3. The maximum absolute atomic E-state index is 11.6. The Kier molecular flexibility index (Phi) is 5.51. The number of aryl methyl sites for hydroxylation is 1. The molecule has 4 aromatic rings. The molecule has 0 amide bonds. The molecular weight excluding hydrogens is 388 g/mol. The van der Waals surface area contributed by atoms with E-state index in [0.29, 0.717) is 6.61 Å². The van der Waals surface area contributed by atoms with Crippen molar-refractivity contribution >= 4 is 21.9 Å². The second-order valence-corrected chi connectivity index (χ2v) is 8.30. The highest BCUT2D eigenvalue weighted by atomic mass is 16.5. The van der Waals surface area contributed by atoms with Crippen molar-refractivity contribution in [1.82, 2.24) is 9.88 Å². The number of H-pyrrole nitrogens is 1. The van der Waals surface area contributed by atoms with Crippen molar-refractivity contribution in [3.05, 3.63) is 75.8 Å². The number of hydrogen-bond acceptors (Lipinski definition) is 4. The Hall–Kier alpha value is -3.05. The fourth-order valence-electron chi connectivity index (χ4n) is 4.62. The van der Waals surface area contributed by atoms with Gasteiger partial charge in [-0.3, -0.25) is 9.69 Å². The molecule has 5 heteroatoms. The minimum absolute atomic E-state index is 0.0481. The zero-order valence-electron chi connectivity index (χ0n) is 17.9. The van der Waals surface area contributed by atoms with Gasteiger partial charge in [0.2, 0.25) is 5.56 Å². The first-order chi connectivity index (χ1) is 15.2. The highest BCUT2D eigenvalue weighted by Gasteiger charge is 2.23. The number of nitrogens with zero attached hydrogens (tertiary/aromatic N) is 1. The van der Waals surface area contributed by atoms with Crippen LogP contribution in [0.25, 0.3) is 21.9 Å². The van der Waals surface area contributed by atoms with E-state index in [0.717, 1.165) is 73.3 Å². The summed E-state index contributed by atoms with van der Waals surface area (Å²) in [6.45, 7) is 5.65. The third kappa shape index (κ3) is 4.10. The van der Waals surface area contributed by atoms with Gasteiger partial charge in [-0.15, -0.1) is 0 Å². The summed E-state index contributed by atoms with van der Waals surface area (Å²) in [4.78, 5) is 17.0. The molecule has 5 nitrogen and oxygen atoms in total. The predicted molar refractivity (Wildman–Crippen MR) is 124 cm³/mol. The van der Waals surface area contributed by atoms with Gasteiger partial charge in [0.05, 0.1) is 13.2 Å². The molecule has 0 unspecified atom stereocenters. The number of ether oxygens (including phenoxy) is 1. The number of hydrogen-bond donors (Lipinski definition) is 1. The van der Waals surface area contributed by atoms with Crippen molar-refractivity contribution in [2.75, 3.05) is 19.7 Å². The van der Waals surface area contributed by atoms with Crippen molar-refractivity contribution in [3.63, 3.8) is 0 Å². The molecule has 1 aliphatic rings. The molecule has 1 aliphatic heterocycles. The first kappa shape index (κ1) is 19.9. The largest absolute Gasteiger partial charge is 0.490 e. The quantitative estimate of drug-likeness (QED) is 0.428. The van der Waals surface area contributed by atoms with Crippen molar-refractivity contribution in [2.24, 2.45) is 0 Å². The summed E-state index contributed by atoms with van der Waals surface area (Å²) in [6.07, 6.45) is 4.31. The first-order valence-electron chi connectivity index (χ1n) is 11.2. The number of fused-ring (bicyclic) bond motifs is 4. The molecule has 0 aliphatic carbocycles. The number of para-hydroxylation sites is 1. The van der Waals surface area contributed by atoms with Crippen LogP contribution >= 0.6 is 0 Å². The summed E-state index contributed by atoms with van der Waals surface area (Å²) in [7, 11) is 0. The fraction of sp³-hybridized carbons (Fsp3) is 0.346. The standard InChI is InChI=1S/C26H28N2O3/c1-2-30-23-8-5-7-21-20-13-15-28(17-24(20)31-26(21)23)14-4-3-6-18-9-10-19-11-12-25(29)27-22(19)16-18/h5,7-12,16H,2-4,6,13-15,17H2,1H3,(H,27,29). The van der Waals surface area contributed by atoms with Gasteiger partial charge in [0, 0.05) is 29.1 Å². The Morgan fingerprint density at radius 1 is 1.13 bits per heavy atom. The average molecular weight is 417 g/mol. The number of pyridine rings is 1. The first-order valence-corrected chi connectivity index (χ1v) is 11.2. The molecule has 160 valence electrons. The van der Waals surface area contributed by atoms with Crippen LogP contribution in [0.3, 0.4) is 0 Å². The van der Waals surface area contributed by atoms with Crippen molar-refractivity contribution in [1.29, 1.82) is 0 Å². The molecule has 0 saturated carbocycles. The van der Waals surface area contributed by atoms with Gasteiger partial charge < -0.3 is 14.1 Å². The van der Waals surface area contributed by atoms with E-state index in [1.807, 2.05) is 19.1 Å². The summed E-state index contributed by atoms with van der Waals surface area (Å²) >= 11 is 0. The number of aromatic amines is 1. The van der Waals surface area contributed by atoms with Crippen molar-refractivity contribution in [2.45, 2.75) is 39.2 Å².